The number of pyridine rings is 1. The summed E-state index contributed by atoms with van der Waals surface area (Å²) in [5.41, 5.74) is 6.60. The number of hydrogen-bond acceptors (Lipinski definition) is 5. The number of hydrogen-bond donors (Lipinski definition) is 1. The molecule has 1 aromatic carbocycles. The van der Waals surface area contributed by atoms with E-state index in [9.17, 15) is 4.39 Å². The molecule has 0 fully saturated rings. The second kappa shape index (κ2) is 10.4. The first-order chi connectivity index (χ1) is 9.96. The Hall–Kier alpha value is -0.414. The Morgan fingerprint density at radius 1 is 1.36 bits per heavy atom. The van der Waals surface area contributed by atoms with E-state index in [1.807, 2.05) is 0 Å². The van der Waals surface area contributed by atoms with E-state index in [0.717, 1.165) is 0 Å². The molecule has 5 nitrogen and oxygen atoms in total. The van der Waals surface area contributed by atoms with Gasteiger partial charge in [0, 0.05) is 18.2 Å². The number of nitrogens with two attached hydrogens (primary N) is 1. The summed E-state index contributed by atoms with van der Waals surface area (Å²) in [7, 11) is 1.34. The van der Waals surface area contributed by atoms with E-state index >= 15 is 0 Å². The summed E-state index contributed by atoms with van der Waals surface area (Å²) in [4.78, 5) is 12.3. The van der Waals surface area contributed by atoms with Gasteiger partial charge in [0.2, 0.25) is 0 Å². The van der Waals surface area contributed by atoms with Crippen molar-refractivity contribution in [3.63, 3.8) is 0 Å². The van der Waals surface area contributed by atoms with Crippen molar-refractivity contribution in [1.82, 2.24) is 4.98 Å². The van der Waals surface area contributed by atoms with Crippen LogP contribution in [0.25, 0.3) is 11.3 Å². The Morgan fingerprint density at radius 3 is 2.45 bits per heavy atom. The predicted molar refractivity (Wildman–Crippen MR) is 76.7 cm³/mol. The van der Waals surface area contributed by atoms with Gasteiger partial charge in [-0.05, 0) is 18.2 Å². The van der Waals surface area contributed by atoms with Crippen LogP contribution in [0.2, 0.25) is 10.0 Å². The van der Waals surface area contributed by atoms with Crippen LogP contribution >= 0.6 is 23.2 Å². The van der Waals surface area contributed by atoms with Crippen molar-refractivity contribution in [2.24, 2.45) is 0 Å². The maximum absolute atomic E-state index is 14.1. The molecule has 1 heterocycles. The fourth-order valence-corrected chi connectivity index (χ4v) is 1.85. The van der Waals surface area contributed by atoms with Gasteiger partial charge >= 0.3 is 51.4 Å². The Kier molecular flexibility index (Phi) is 10.2. The second-order valence-corrected chi connectivity index (χ2v) is 4.44. The van der Waals surface area contributed by atoms with Gasteiger partial charge in [0.15, 0.2) is 11.6 Å². The maximum Gasteiger partial charge on any atom is 1.00 e. The van der Waals surface area contributed by atoms with E-state index in [1.165, 1.54) is 31.5 Å². The normalized spacial score (nSPS) is 9.09. The molecule has 112 valence electrons. The van der Waals surface area contributed by atoms with E-state index in [2.05, 4.69) is 4.98 Å². The molecule has 0 saturated carbocycles. The number of aromatic nitrogens is 1. The van der Waals surface area contributed by atoms with Crippen LogP contribution < -0.4 is 67.0 Å². The molecule has 0 bridgehead atoms. The van der Waals surface area contributed by atoms with E-state index in [-0.39, 0.29) is 67.7 Å². The fourth-order valence-electron chi connectivity index (χ4n) is 1.52. The zero-order valence-electron chi connectivity index (χ0n) is 11.8. The fraction of sp³-hybridized carbons (Fsp3) is 0.0769. The maximum atomic E-state index is 14.1. The first-order valence-corrected chi connectivity index (χ1v) is 6.20. The van der Waals surface area contributed by atoms with Crippen LogP contribution in [0.1, 0.15) is 0 Å². The summed E-state index contributed by atoms with van der Waals surface area (Å²) in [6.07, 6.45) is 1.37. The number of benzene rings is 1. The smallest absolute Gasteiger partial charge is 0.554 e. The number of carbonyl (C=O) groups excluding carboxylic acids is 1. The van der Waals surface area contributed by atoms with Crippen molar-refractivity contribution in [3.05, 3.63) is 40.3 Å². The standard InChI is InChI=1S/C12H9Cl2FN2O.CH2O2.K/c1-18-12-7(13)3-2-6(11(12)15)10-4-9(16)8(14)5-17-10;2-1-3;/h2-5H,1H3,(H2,16,17);1H,(H,2,3);/q;;+1/p-1. The van der Waals surface area contributed by atoms with E-state index < -0.39 is 12.3 Å². The van der Waals surface area contributed by atoms with Gasteiger partial charge in [0.05, 0.1) is 28.5 Å². The van der Waals surface area contributed by atoms with Crippen molar-refractivity contribution in [3.8, 4) is 17.0 Å². The summed E-state index contributed by atoms with van der Waals surface area (Å²) < 4.78 is 19.0. The van der Waals surface area contributed by atoms with Gasteiger partial charge in [0.1, 0.15) is 0 Å². The van der Waals surface area contributed by atoms with Crippen LogP contribution in [0.5, 0.6) is 5.75 Å². The van der Waals surface area contributed by atoms with Gasteiger partial charge in [0.25, 0.3) is 0 Å². The molecule has 0 saturated heterocycles. The molecule has 22 heavy (non-hydrogen) atoms. The molecule has 0 atom stereocenters. The van der Waals surface area contributed by atoms with Gasteiger partial charge in [-0.25, -0.2) is 4.39 Å². The Balaban J connectivity index is 0.00000102. The predicted octanol–water partition coefficient (Wildman–Crippen LogP) is -0.845. The summed E-state index contributed by atoms with van der Waals surface area (Å²) in [5.74, 6) is -0.608. The van der Waals surface area contributed by atoms with E-state index in [0.29, 0.717) is 16.4 Å². The Morgan fingerprint density at radius 2 is 1.95 bits per heavy atom. The van der Waals surface area contributed by atoms with Gasteiger partial charge in [-0.1, -0.05) is 23.2 Å². The molecule has 2 rings (SSSR count). The third-order valence-corrected chi connectivity index (χ3v) is 3.03. The average molecular weight is 371 g/mol. The first kappa shape index (κ1) is 21.6. The molecular formula is C13H10Cl2FKN2O3. The average Bonchev–Trinajstić information content (AvgIpc) is 2.44. The van der Waals surface area contributed by atoms with Gasteiger partial charge < -0.3 is 20.4 Å². The number of nitrogen functional groups attached to an aromatic ring is 1. The molecule has 0 radical (unpaired) electrons. The summed E-state index contributed by atoms with van der Waals surface area (Å²) >= 11 is 11.6. The number of nitrogens with zero attached hydrogens (tertiary/aromatic N) is 1. The van der Waals surface area contributed by atoms with Gasteiger partial charge in [-0.15, -0.1) is 0 Å². The second-order valence-electron chi connectivity index (χ2n) is 3.63. The van der Waals surface area contributed by atoms with Gasteiger partial charge in [-0.3, -0.25) is 4.98 Å². The number of methoxy groups -OCH3 is 1. The van der Waals surface area contributed by atoms with Crippen LogP contribution in [-0.4, -0.2) is 18.6 Å². The molecule has 9 heteroatoms. The monoisotopic (exact) mass is 370 g/mol. The number of ether oxygens (including phenoxy) is 1. The molecule has 0 aliphatic rings. The van der Waals surface area contributed by atoms with Crippen LogP contribution in [0, 0.1) is 5.82 Å². The van der Waals surface area contributed by atoms with E-state index in [4.69, 9.17) is 43.6 Å². The number of rotatable bonds is 2. The molecule has 0 aliphatic carbocycles. The number of anilines is 1. The zero-order chi connectivity index (χ0) is 16.0. The zero-order valence-corrected chi connectivity index (χ0v) is 16.4. The molecule has 2 N–H and O–H groups in total. The quantitative estimate of drug-likeness (QED) is 0.549. The molecular weight excluding hydrogens is 361 g/mol. The van der Waals surface area contributed by atoms with Gasteiger partial charge in [-0.2, -0.15) is 0 Å². The molecule has 0 amide bonds. The molecule has 0 spiro atoms. The summed E-state index contributed by atoms with van der Waals surface area (Å²) in [6, 6.07) is 4.54. The number of carbonyl (C=O) groups is 1. The topological polar surface area (TPSA) is 88.3 Å². The van der Waals surface area contributed by atoms with Crippen molar-refractivity contribution < 1.29 is 70.4 Å². The Bertz CT molecular complexity index is 659. The minimum atomic E-state index is -0.584. The first-order valence-electron chi connectivity index (χ1n) is 5.45. The van der Waals surface area contributed by atoms with Crippen LogP contribution in [-0.2, 0) is 4.79 Å². The Labute approximate surface area is 179 Å². The van der Waals surface area contributed by atoms with Crippen molar-refractivity contribution in [1.29, 1.82) is 0 Å². The van der Waals surface area contributed by atoms with E-state index in [1.54, 1.807) is 0 Å². The summed E-state index contributed by atoms with van der Waals surface area (Å²) in [6.45, 7) is -0.500. The minimum absolute atomic E-state index is 0. The van der Waals surface area contributed by atoms with Crippen LogP contribution in [0.4, 0.5) is 10.1 Å². The molecule has 0 aliphatic heterocycles. The third-order valence-electron chi connectivity index (χ3n) is 2.41. The number of halogens is 3. The largest absolute Gasteiger partial charge is 1.00 e. The van der Waals surface area contributed by atoms with Crippen molar-refractivity contribution in [2.75, 3.05) is 12.8 Å². The van der Waals surface area contributed by atoms with Crippen molar-refractivity contribution in [2.45, 2.75) is 0 Å². The van der Waals surface area contributed by atoms with Crippen molar-refractivity contribution >= 4 is 35.4 Å². The number of carboxylic acid groups (broad SMARTS) is 1. The molecule has 1 aromatic heterocycles. The summed E-state index contributed by atoms with van der Waals surface area (Å²) in [5, 5.41) is 8.76. The van der Waals surface area contributed by atoms with Crippen LogP contribution in [0.3, 0.4) is 0 Å². The SMILES string of the molecule is COc1c(Cl)ccc(-c2cc(N)c(Cl)cn2)c1F.O=C[O-].[K+]. The molecule has 2 aromatic rings. The third kappa shape index (κ3) is 5.34. The minimum Gasteiger partial charge on any atom is -0.554 e. The molecule has 0 unspecified atom stereocenters. The van der Waals surface area contributed by atoms with Crippen LogP contribution in [0.15, 0.2) is 24.4 Å².